The van der Waals surface area contributed by atoms with E-state index in [4.69, 9.17) is 4.42 Å². The molecule has 0 aliphatic carbocycles. The first-order chi connectivity index (χ1) is 12.1. The minimum atomic E-state index is -0.590. The lowest BCUT2D eigenvalue weighted by molar-refractivity contribution is 0.0649. The van der Waals surface area contributed by atoms with Crippen LogP contribution in [0.15, 0.2) is 65.3 Å². The van der Waals surface area contributed by atoms with Gasteiger partial charge < -0.3 is 24.8 Å². The topological polar surface area (TPSA) is 85.9 Å². The average molecular weight is 336 g/mol. The van der Waals surface area contributed by atoms with Crippen LogP contribution in [0.4, 0.5) is 5.69 Å². The Bertz CT molecular complexity index is 921. The molecule has 0 fully saturated rings. The normalized spacial score (nSPS) is 16.4. The van der Waals surface area contributed by atoms with Crippen molar-refractivity contribution in [2.75, 3.05) is 5.32 Å². The number of hydrogen-bond donors (Lipinski definition) is 3. The number of phenols is 2. The largest absolute Gasteiger partial charge is 0.508 e. The van der Waals surface area contributed by atoms with Crippen LogP contribution in [-0.2, 0) is 6.54 Å². The summed E-state index contributed by atoms with van der Waals surface area (Å²) in [6, 6.07) is 15.1. The monoisotopic (exact) mass is 336 g/mol. The van der Waals surface area contributed by atoms with Crippen LogP contribution in [0.3, 0.4) is 0 Å². The van der Waals surface area contributed by atoms with Crippen molar-refractivity contribution < 1.29 is 19.4 Å². The number of carbonyl (C=O) groups excluding carboxylic acids is 1. The number of phenolic OH excluding ortho intramolecular Hbond substituents is 2. The van der Waals surface area contributed by atoms with Crippen molar-refractivity contribution in [3.05, 3.63) is 77.7 Å². The van der Waals surface area contributed by atoms with Gasteiger partial charge in [-0.25, -0.2) is 0 Å². The molecular weight excluding hydrogens is 320 g/mol. The lowest BCUT2D eigenvalue weighted by atomic mass is 10.0. The molecule has 6 nitrogen and oxygen atoms in total. The van der Waals surface area contributed by atoms with E-state index in [1.807, 2.05) is 18.2 Å². The molecule has 3 N–H and O–H groups in total. The molecule has 1 aromatic heterocycles. The summed E-state index contributed by atoms with van der Waals surface area (Å²) in [5.74, 6) is 0.344. The predicted octanol–water partition coefficient (Wildman–Crippen LogP) is 3.46. The number of aromatic hydroxyl groups is 2. The fourth-order valence-corrected chi connectivity index (χ4v) is 3.04. The highest BCUT2D eigenvalue weighted by molar-refractivity contribution is 6.01. The van der Waals surface area contributed by atoms with Crippen LogP contribution >= 0.6 is 0 Å². The number of amides is 1. The van der Waals surface area contributed by atoms with Gasteiger partial charge in [-0.05, 0) is 36.4 Å². The molecule has 3 aromatic rings. The number of nitrogens with zero attached hydrogens (tertiary/aromatic N) is 1. The standard InChI is InChI=1S/C19H16N2O4/c22-12-7-8-15(17(23)10-12)18-20-16-6-2-1-5-14(16)19(24)21(18)11-13-4-3-9-25-13/h1-10,18,20,22-23H,11H2/t18-/m1/s1. The van der Waals surface area contributed by atoms with Crippen molar-refractivity contribution >= 4 is 11.6 Å². The minimum absolute atomic E-state index is 0.0404. The number of fused-ring (bicyclic) bond motifs is 1. The van der Waals surface area contributed by atoms with Gasteiger partial charge in [0.25, 0.3) is 5.91 Å². The molecule has 0 bridgehead atoms. The molecule has 0 spiro atoms. The highest BCUT2D eigenvalue weighted by atomic mass is 16.3. The van der Waals surface area contributed by atoms with Crippen LogP contribution in [-0.4, -0.2) is 21.0 Å². The molecule has 126 valence electrons. The first-order valence-electron chi connectivity index (χ1n) is 7.84. The van der Waals surface area contributed by atoms with Crippen LogP contribution < -0.4 is 5.32 Å². The third-order valence-electron chi connectivity index (χ3n) is 4.24. The first-order valence-corrected chi connectivity index (χ1v) is 7.84. The number of anilines is 1. The molecule has 1 atom stereocenters. The van der Waals surface area contributed by atoms with E-state index in [1.54, 1.807) is 35.4 Å². The molecule has 1 amide bonds. The molecule has 25 heavy (non-hydrogen) atoms. The molecular formula is C19H16N2O4. The number of furan rings is 1. The summed E-state index contributed by atoms with van der Waals surface area (Å²) in [6.07, 6.45) is 0.964. The second-order valence-electron chi connectivity index (χ2n) is 5.85. The number of carbonyl (C=O) groups is 1. The van der Waals surface area contributed by atoms with Gasteiger partial charge in [-0.3, -0.25) is 4.79 Å². The molecule has 0 saturated heterocycles. The third kappa shape index (κ3) is 2.67. The molecule has 2 heterocycles. The lowest BCUT2D eigenvalue weighted by Gasteiger charge is -2.37. The molecule has 0 saturated carbocycles. The number of rotatable bonds is 3. The Morgan fingerprint density at radius 3 is 2.68 bits per heavy atom. The van der Waals surface area contributed by atoms with E-state index in [9.17, 15) is 15.0 Å². The molecule has 1 aliphatic rings. The SMILES string of the molecule is O=C1c2ccccc2N[C@@H](c2ccc(O)cc2O)N1Cc1ccco1. The summed E-state index contributed by atoms with van der Waals surface area (Å²) < 4.78 is 5.38. The zero-order valence-electron chi connectivity index (χ0n) is 13.2. The maximum atomic E-state index is 13.0. The summed E-state index contributed by atoms with van der Waals surface area (Å²) in [5, 5.41) is 23.1. The van der Waals surface area contributed by atoms with Crippen molar-refractivity contribution in [2.24, 2.45) is 0 Å². The van der Waals surface area contributed by atoms with E-state index in [0.717, 1.165) is 0 Å². The Labute approximate surface area is 143 Å². The second kappa shape index (κ2) is 5.90. The summed E-state index contributed by atoms with van der Waals surface area (Å²) in [4.78, 5) is 14.6. The number of hydrogen-bond acceptors (Lipinski definition) is 5. The van der Waals surface area contributed by atoms with E-state index in [0.29, 0.717) is 22.6 Å². The highest BCUT2D eigenvalue weighted by Crippen LogP contribution is 2.38. The Balaban J connectivity index is 1.80. The Morgan fingerprint density at radius 1 is 1.08 bits per heavy atom. The number of para-hydroxylation sites is 1. The van der Waals surface area contributed by atoms with Crippen LogP contribution in [0.2, 0.25) is 0 Å². The van der Waals surface area contributed by atoms with E-state index in [2.05, 4.69) is 5.32 Å². The van der Waals surface area contributed by atoms with E-state index in [1.165, 1.54) is 12.1 Å². The van der Waals surface area contributed by atoms with Crippen molar-refractivity contribution in [3.8, 4) is 11.5 Å². The van der Waals surface area contributed by atoms with Crippen LogP contribution in [0.5, 0.6) is 11.5 Å². The van der Waals surface area contributed by atoms with Gasteiger partial charge in [0.2, 0.25) is 0 Å². The maximum Gasteiger partial charge on any atom is 0.258 e. The third-order valence-corrected chi connectivity index (χ3v) is 4.24. The molecule has 1 aliphatic heterocycles. The summed E-state index contributed by atoms with van der Waals surface area (Å²) >= 11 is 0. The number of nitrogens with one attached hydrogen (secondary N) is 1. The van der Waals surface area contributed by atoms with Gasteiger partial charge >= 0.3 is 0 Å². The summed E-state index contributed by atoms with van der Waals surface area (Å²) in [7, 11) is 0. The van der Waals surface area contributed by atoms with Gasteiger partial charge in [-0.15, -0.1) is 0 Å². The van der Waals surface area contributed by atoms with E-state index >= 15 is 0 Å². The van der Waals surface area contributed by atoms with Gasteiger partial charge in [0.05, 0.1) is 18.4 Å². The molecule has 2 aromatic carbocycles. The van der Waals surface area contributed by atoms with Gasteiger partial charge in [-0.2, -0.15) is 0 Å². The average Bonchev–Trinajstić information content (AvgIpc) is 3.11. The molecule has 0 radical (unpaired) electrons. The van der Waals surface area contributed by atoms with E-state index < -0.39 is 6.17 Å². The maximum absolute atomic E-state index is 13.0. The molecule has 6 heteroatoms. The van der Waals surface area contributed by atoms with Crippen molar-refractivity contribution in [1.82, 2.24) is 4.90 Å². The fraction of sp³-hybridized carbons (Fsp3) is 0.105. The molecule has 4 rings (SSSR count). The summed E-state index contributed by atoms with van der Waals surface area (Å²) in [6.45, 7) is 0.248. The van der Waals surface area contributed by atoms with Crippen LogP contribution in [0.25, 0.3) is 0 Å². The quantitative estimate of drug-likeness (QED) is 0.682. The Kier molecular flexibility index (Phi) is 3.57. The van der Waals surface area contributed by atoms with Crippen LogP contribution in [0.1, 0.15) is 27.8 Å². The Hall–Kier alpha value is -3.41. The van der Waals surface area contributed by atoms with Crippen molar-refractivity contribution in [1.29, 1.82) is 0 Å². The number of benzene rings is 2. The van der Waals surface area contributed by atoms with E-state index in [-0.39, 0.29) is 24.0 Å². The van der Waals surface area contributed by atoms with Gasteiger partial charge in [0.1, 0.15) is 23.4 Å². The smallest absolute Gasteiger partial charge is 0.258 e. The fourth-order valence-electron chi connectivity index (χ4n) is 3.04. The molecule has 0 unspecified atom stereocenters. The zero-order valence-corrected chi connectivity index (χ0v) is 13.2. The second-order valence-corrected chi connectivity index (χ2v) is 5.85. The highest BCUT2D eigenvalue weighted by Gasteiger charge is 2.34. The summed E-state index contributed by atoms with van der Waals surface area (Å²) in [5.41, 5.74) is 1.75. The minimum Gasteiger partial charge on any atom is -0.508 e. The van der Waals surface area contributed by atoms with Crippen molar-refractivity contribution in [2.45, 2.75) is 12.7 Å². The van der Waals surface area contributed by atoms with Crippen molar-refractivity contribution in [3.63, 3.8) is 0 Å². The predicted molar refractivity (Wildman–Crippen MR) is 91.2 cm³/mol. The lowest BCUT2D eigenvalue weighted by Crippen LogP contribution is -2.42. The zero-order chi connectivity index (χ0) is 17.4. The Morgan fingerprint density at radius 2 is 1.92 bits per heavy atom. The van der Waals surface area contributed by atoms with Gasteiger partial charge in [0, 0.05) is 17.3 Å². The van der Waals surface area contributed by atoms with Crippen LogP contribution in [0, 0.1) is 0 Å². The van der Waals surface area contributed by atoms with Gasteiger partial charge in [0.15, 0.2) is 0 Å². The first kappa shape index (κ1) is 15.1. The van der Waals surface area contributed by atoms with Gasteiger partial charge in [-0.1, -0.05) is 12.1 Å².